The maximum absolute atomic E-state index is 11.8. The minimum Gasteiger partial charge on any atom is -0.481 e. The predicted octanol–water partition coefficient (Wildman–Crippen LogP) is 0.652. The van der Waals surface area contributed by atoms with Crippen LogP contribution in [-0.2, 0) is 4.79 Å². The number of rotatable bonds is 6. The molecule has 1 atom stereocenters. The fourth-order valence-corrected chi connectivity index (χ4v) is 1.41. The third kappa shape index (κ3) is 7.57. The summed E-state index contributed by atoms with van der Waals surface area (Å²) in [6, 6.07) is -0.792. The van der Waals surface area contributed by atoms with E-state index in [0.717, 1.165) is 0 Å². The number of urea groups is 1. The van der Waals surface area contributed by atoms with Gasteiger partial charge in [-0.1, -0.05) is 0 Å². The van der Waals surface area contributed by atoms with Gasteiger partial charge in [-0.2, -0.15) is 0 Å². The number of carboxylic acid groups (broad SMARTS) is 1. The van der Waals surface area contributed by atoms with Gasteiger partial charge in [-0.25, -0.2) is 4.79 Å². The smallest absolute Gasteiger partial charge is 0.317 e. The molecule has 0 aromatic carbocycles. The normalized spacial score (nSPS) is 13.0. The molecular formula is C11H22N2O4. The average Bonchev–Trinajstić information content (AvgIpc) is 2.10. The molecule has 0 radical (unpaired) electrons. The summed E-state index contributed by atoms with van der Waals surface area (Å²) < 4.78 is 0. The van der Waals surface area contributed by atoms with E-state index in [0.29, 0.717) is 6.54 Å². The van der Waals surface area contributed by atoms with Crippen LogP contribution < -0.4 is 5.32 Å². The Balaban J connectivity index is 4.31. The topological polar surface area (TPSA) is 89.9 Å². The summed E-state index contributed by atoms with van der Waals surface area (Å²) >= 11 is 0. The van der Waals surface area contributed by atoms with Crippen molar-refractivity contribution in [1.82, 2.24) is 10.2 Å². The van der Waals surface area contributed by atoms with Crippen LogP contribution in [0, 0.1) is 0 Å². The van der Waals surface area contributed by atoms with Gasteiger partial charge in [0.15, 0.2) is 0 Å². The first kappa shape index (κ1) is 15.7. The Labute approximate surface area is 102 Å². The van der Waals surface area contributed by atoms with Crippen LogP contribution in [0.2, 0.25) is 0 Å². The van der Waals surface area contributed by atoms with Crippen molar-refractivity contribution in [3.63, 3.8) is 0 Å². The van der Waals surface area contributed by atoms with E-state index in [1.165, 1.54) is 4.90 Å². The number of carboxylic acids is 1. The SMILES string of the molecule is CCN(CC(C)(C)O)C(=O)NC(C)CC(=O)O. The molecule has 0 aliphatic rings. The fraction of sp³-hybridized carbons (Fsp3) is 0.818. The van der Waals surface area contributed by atoms with Gasteiger partial charge in [-0.15, -0.1) is 0 Å². The minimum absolute atomic E-state index is 0.119. The van der Waals surface area contributed by atoms with E-state index in [-0.39, 0.29) is 19.0 Å². The second-order valence-corrected chi connectivity index (χ2v) is 4.78. The lowest BCUT2D eigenvalue weighted by Gasteiger charge is -2.29. The van der Waals surface area contributed by atoms with Crippen molar-refractivity contribution in [2.24, 2.45) is 0 Å². The summed E-state index contributed by atoms with van der Waals surface area (Å²) in [6.07, 6.45) is -0.119. The highest BCUT2D eigenvalue weighted by Gasteiger charge is 2.22. The van der Waals surface area contributed by atoms with Gasteiger partial charge in [0, 0.05) is 12.6 Å². The van der Waals surface area contributed by atoms with Gasteiger partial charge in [0.1, 0.15) is 0 Å². The van der Waals surface area contributed by atoms with Gasteiger partial charge in [-0.05, 0) is 27.7 Å². The minimum atomic E-state index is -0.969. The van der Waals surface area contributed by atoms with Crippen molar-refractivity contribution in [3.05, 3.63) is 0 Å². The van der Waals surface area contributed by atoms with Crippen LogP contribution in [0.3, 0.4) is 0 Å². The lowest BCUT2D eigenvalue weighted by Crippen LogP contribution is -2.49. The van der Waals surface area contributed by atoms with Crippen LogP contribution in [0.15, 0.2) is 0 Å². The molecule has 3 N–H and O–H groups in total. The molecule has 2 amide bonds. The number of amides is 2. The summed E-state index contributed by atoms with van der Waals surface area (Å²) in [5, 5.41) is 20.8. The largest absolute Gasteiger partial charge is 0.481 e. The quantitative estimate of drug-likeness (QED) is 0.642. The Hall–Kier alpha value is -1.30. The van der Waals surface area contributed by atoms with Crippen molar-refractivity contribution < 1.29 is 19.8 Å². The molecule has 0 aromatic heterocycles. The second-order valence-electron chi connectivity index (χ2n) is 4.78. The first-order valence-electron chi connectivity index (χ1n) is 5.65. The highest BCUT2D eigenvalue weighted by Crippen LogP contribution is 2.05. The van der Waals surface area contributed by atoms with Crippen molar-refractivity contribution in [3.8, 4) is 0 Å². The Kier molecular flexibility index (Phi) is 5.95. The van der Waals surface area contributed by atoms with Gasteiger partial charge in [0.05, 0.1) is 18.6 Å². The summed E-state index contributed by atoms with van der Waals surface area (Å²) in [4.78, 5) is 23.7. The van der Waals surface area contributed by atoms with Gasteiger partial charge in [0.25, 0.3) is 0 Å². The van der Waals surface area contributed by atoms with E-state index in [2.05, 4.69) is 5.32 Å². The maximum Gasteiger partial charge on any atom is 0.317 e. The molecule has 0 aliphatic heterocycles. The number of nitrogens with zero attached hydrogens (tertiary/aromatic N) is 1. The third-order valence-corrected chi connectivity index (χ3v) is 2.10. The van der Waals surface area contributed by atoms with E-state index in [1.807, 2.05) is 0 Å². The molecular weight excluding hydrogens is 224 g/mol. The lowest BCUT2D eigenvalue weighted by atomic mass is 10.1. The number of aliphatic hydroxyl groups is 1. The van der Waals surface area contributed by atoms with Gasteiger partial charge < -0.3 is 20.4 Å². The summed E-state index contributed by atoms with van der Waals surface area (Å²) in [5.74, 6) is -0.955. The molecule has 0 aromatic rings. The van der Waals surface area contributed by atoms with Gasteiger partial charge in [0.2, 0.25) is 0 Å². The molecule has 100 valence electrons. The molecule has 0 saturated carbocycles. The van der Waals surface area contributed by atoms with Gasteiger partial charge in [-0.3, -0.25) is 4.79 Å². The lowest BCUT2D eigenvalue weighted by molar-refractivity contribution is -0.137. The van der Waals surface area contributed by atoms with Gasteiger partial charge >= 0.3 is 12.0 Å². The zero-order valence-corrected chi connectivity index (χ0v) is 10.9. The van der Waals surface area contributed by atoms with E-state index in [9.17, 15) is 14.7 Å². The van der Waals surface area contributed by atoms with E-state index < -0.39 is 17.6 Å². The van der Waals surface area contributed by atoms with Crippen molar-refractivity contribution in [2.45, 2.75) is 45.8 Å². The molecule has 0 fully saturated rings. The van der Waals surface area contributed by atoms with Crippen LogP contribution in [0.4, 0.5) is 4.79 Å². The van der Waals surface area contributed by atoms with E-state index in [1.54, 1.807) is 27.7 Å². The monoisotopic (exact) mass is 246 g/mol. The Morgan fingerprint density at radius 3 is 2.29 bits per heavy atom. The van der Waals surface area contributed by atoms with Crippen molar-refractivity contribution >= 4 is 12.0 Å². The van der Waals surface area contributed by atoms with Crippen molar-refractivity contribution in [1.29, 1.82) is 0 Å². The Bertz CT molecular complexity index is 273. The fourth-order valence-electron chi connectivity index (χ4n) is 1.41. The number of carbonyl (C=O) groups excluding carboxylic acids is 1. The number of aliphatic carboxylic acids is 1. The van der Waals surface area contributed by atoms with E-state index in [4.69, 9.17) is 5.11 Å². The molecule has 0 aliphatic carbocycles. The van der Waals surface area contributed by atoms with Crippen LogP contribution in [0.25, 0.3) is 0 Å². The highest BCUT2D eigenvalue weighted by atomic mass is 16.4. The first-order valence-corrected chi connectivity index (χ1v) is 5.65. The van der Waals surface area contributed by atoms with Crippen LogP contribution in [0.1, 0.15) is 34.1 Å². The molecule has 17 heavy (non-hydrogen) atoms. The van der Waals surface area contributed by atoms with Crippen LogP contribution >= 0.6 is 0 Å². The summed E-state index contributed by atoms with van der Waals surface area (Å²) in [6.45, 7) is 7.31. The number of likely N-dealkylation sites (N-methyl/N-ethyl adjacent to an activating group) is 1. The first-order chi connectivity index (χ1) is 7.65. The zero-order valence-electron chi connectivity index (χ0n) is 10.9. The second kappa shape index (κ2) is 6.44. The zero-order chi connectivity index (χ0) is 13.6. The molecule has 0 heterocycles. The number of carbonyl (C=O) groups is 2. The number of nitrogens with one attached hydrogen (secondary N) is 1. The Morgan fingerprint density at radius 2 is 1.94 bits per heavy atom. The van der Waals surface area contributed by atoms with Crippen LogP contribution in [-0.4, -0.2) is 51.8 Å². The predicted molar refractivity (Wildman–Crippen MR) is 63.8 cm³/mol. The molecule has 6 heteroatoms. The molecule has 0 spiro atoms. The highest BCUT2D eigenvalue weighted by molar-refractivity contribution is 5.75. The molecule has 1 unspecified atom stereocenters. The van der Waals surface area contributed by atoms with Crippen LogP contribution in [0.5, 0.6) is 0 Å². The number of hydrogen-bond donors (Lipinski definition) is 3. The number of hydrogen-bond acceptors (Lipinski definition) is 3. The molecule has 6 nitrogen and oxygen atoms in total. The third-order valence-electron chi connectivity index (χ3n) is 2.10. The van der Waals surface area contributed by atoms with Crippen molar-refractivity contribution in [2.75, 3.05) is 13.1 Å². The van der Waals surface area contributed by atoms with E-state index >= 15 is 0 Å². The molecule has 0 rings (SSSR count). The molecule has 0 saturated heterocycles. The standard InChI is InChI=1S/C11H22N2O4/c1-5-13(7-11(3,4)17)10(16)12-8(2)6-9(14)15/h8,17H,5-7H2,1-4H3,(H,12,16)(H,14,15). The Morgan fingerprint density at radius 1 is 1.41 bits per heavy atom. The summed E-state index contributed by atoms with van der Waals surface area (Å²) in [7, 11) is 0. The average molecular weight is 246 g/mol. The molecule has 0 bridgehead atoms. The summed E-state index contributed by atoms with van der Waals surface area (Å²) in [5.41, 5.74) is -0.969. The maximum atomic E-state index is 11.8.